The number of aromatic carboxylic acids is 1. The largest absolute Gasteiger partial charge is 0.476 e. The maximum absolute atomic E-state index is 12.3. The van der Waals surface area contributed by atoms with Crippen molar-refractivity contribution in [1.29, 1.82) is 0 Å². The number of carboxylic acid groups (broad SMARTS) is 1. The number of amides is 1. The highest BCUT2D eigenvalue weighted by molar-refractivity contribution is 6.10. The summed E-state index contributed by atoms with van der Waals surface area (Å²) in [5.74, 6) is -1.72. The van der Waals surface area contributed by atoms with Crippen molar-refractivity contribution < 1.29 is 14.7 Å². The summed E-state index contributed by atoms with van der Waals surface area (Å²) in [6, 6.07) is 7.53. The lowest BCUT2D eigenvalue weighted by Crippen LogP contribution is -2.30. The molecule has 19 heavy (non-hydrogen) atoms. The van der Waals surface area contributed by atoms with Crippen LogP contribution in [0.1, 0.15) is 26.5 Å². The summed E-state index contributed by atoms with van der Waals surface area (Å²) < 4.78 is 0. The molecule has 3 rings (SSSR count). The predicted octanol–water partition coefficient (Wildman–Crippen LogP) is 0.706. The zero-order valence-electron chi connectivity index (χ0n) is 9.83. The van der Waals surface area contributed by atoms with Crippen LogP contribution in [0.25, 0.3) is 0 Å². The second-order valence-electron chi connectivity index (χ2n) is 4.16. The van der Waals surface area contributed by atoms with Gasteiger partial charge in [0, 0.05) is 12.2 Å². The first-order chi connectivity index (χ1) is 9.18. The molecule has 1 aliphatic rings. The number of carbonyl (C=O) groups excluding carboxylic acids is 1. The molecule has 7 nitrogen and oxygen atoms in total. The smallest absolute Gasteiger partial charge is 0.358 e. The molecule has 7 heteroatoms. The number of rotatable bonds is 2. The molecule has 1 aromatic heterocycles. The molecule has 0 spiro atoms. The second-order valence-corrected chi connectivity index (χ2v) is 4.16. The van der Waals surface area contributed by atoms with Crippen LogP contribution in [-0.2, 0) is 6.42 Å². The Labute approximate surface area is 107 Å². The van der Waals surface area contributed by atoms with E-state index in [2.05, 4.69) is 15.4 Å². The van der Waals surface area contributed by atoms with Crippen molar-refractivity contribution in [2.24, 2.45) is 0 Å². The van der Waals surface area contributed by atoms with Crippen molar-refractivity contribution in [2.75, 3.05) is 11.4 Å². The van der Waals surface area contributed by atoms with Gasteiger partial charge in [0.1, 0.15) is 0 Å². The average molecular weight is 258 g/mol. The van der Waals surface area contributed by atoms with Crippen LogP contribution in [0.2, 0.25) is 0 Å². The van der Waals surface area contributed by atoms with Gasteiger partial charge >= 0.3 is 5.97 Å². The third-order valence-electron chi connectivity index (χ3n) is 3.09. The van der Waals surface area contributed by atoms with Crippen LogP contribution < -0.4 is 4.90 Å². The first-order valence-electron chi connectivity index (χ1n) is 5.72. The van der Waals surface area contributed by atoms with Crippen LogP contribution in [0, 0.1) is 0 Å². The Hall–Kier alpha value is -2.70. The van der Waals surface area contributed by atoms with E-state index < -0.39 is 11.9 Å². The molecule has 2 aromatic rings. The van der Waals surface area contributed by atoms with E-state index in [1.54, 1.807) is 0 Å². The van der Waals surface area contributed by atoms with Crippen LogP contribution in [0.5, 0.6) is 0 Å². The zero-order valence-corrected chi connectivity index (χ0v) is 9.83. The molecule has 0 atom stereocenters. The van der Waals surface area contributed by atoms with Gasteiger partial charge in [-0.2, -0.15) is 5.21 Å². The van der Waals surface area contributed by atoms with Gasteiger partial charge in [-0.25, -0.2) is 4.79 Å². The van der Waals surface area contributed by atoms with E-state index in [4.69, 9.17) is 5.11 Å². The van der Waals surface area contributed by atoms with E-state index in [1.165, 1.54) is 4.90 Å². The number of fused-ring (bicyclic) bond motifs is 1. The summed E-state index contributed by atoms with van der Waals surface area (Å²) in [4.78, 5) is 24.8. The zero-order chi connectivity index (χ0) is 13.4. The number of carboxylic acids is 1. The number of nitrogens with one attached hydrogen (secondary N) is 1. The van der Waals surface area contributed by atoms with Crippen molar-refractivity contribution in [2.45, 2.75) is 6.42 Å². The third-order valence-corrected chi connectivity index (χ3v) is 3.09. The normalized spacial score (nSPS) is 13.4. The minimum Gasteiger partial charge on any atom is -0.476 e. The number of carbonyl (C=O) groups is 2. The lowest BCUT2D eigenvalue weighted by atomic mass is 10.2. The lowest BCUT2D eigenvalue weighted by molar-refractivity contribution is 0.0685. The number of anilines is 1. The molecule has 0 fully saturated rings. The number of hydrogen-bond acceptors (Lipinski definition) is 4. The maximum Gasteiger partial charge on any atom is 0.358 e. The van der Waals surface area contributed by atoms with Crippen molar-refractivity contribution in [3.05, 3.63) is 41.2 Å². The molecule has 0 radical (unpaired) electrons. The van der Waals surface area contributed by atoms with Crippen LogP contribution >= 0.6 is 0 Å². The maximum atomic E-state index is 12.3. The molecule has 0 bridgehead atoms. The Morgan fingerprint density at radius 3 is 2.74 bits per heavy atom. The van der Waals surface area contributed by atoms with E-state index in [1.807, 2.05) is 24.3 Å². The van der Waals surface area contributed by atoms with Gasteiger partial charge in [0.15, 0.2) is 5.69 Å². The first kappa shape index (κ1) is 11.4. The molecule has 0 saturated carbocycles. The van der Waals surface area contributed by atoms with Gasteiger partial charge in [-0.1, -0.05) is 18.2 Å². The van der Waals surface area contributed by atoms with Crippen LogP contribution in [0.15, 0.2) is 24.3 Å². The highest BCUT2D eigenvalue weighted by Gasteiger charge is 2.30. The number of benzene rings is 1. The fraction of sp³-hybridized carbons (Fsp3) is 0.167. The summed E-state index contributed by atoms with van der Waals surface area (Å²) >= 11 is 0. The Kier molecular flexibility index (Phi) is 2.52. The van der Waals surface area contributed by atoms with Crippen LogP contribution in [0.4, 0.5) is 5.69 Å². The van der Waals surface area contributed by atoms with Gasteiger partial charge in [-0.15, -0.1) is 10.2 Å². The Morgan fingerprint density at radius 2 is 1.95 bits per heavy atom. The van der Waals surface area contributed by atoms with Crippen molar-refractivity contribution >= 4 is 17.6 Å². The molecular formula is C12H10N4O3. The Morgan fingerprint density at radius 1 is 1.21 bits per heavy atom. The molecule has 96 valence electrons. The second kappa shape index (κ2) is 4.20. The number of H-pyrrole nitrogens is 1. The lowest BCUT2D eigenvalue weighted by Gasteiger charge is -2.15. The topological polar surface area (TPSA) is 99.2 Å². The van der Waals surface area contributed by atoms with Crippen LogP contribution in [-0.4, -0.2) is 38.9 Å². The summed E-state index contributed by atoms with van der Waals surface area (Å²) in [5.41, 5.74) is 1.35. The highest BCUT2D eigenvalue weighted by Crippen LogP contribution is 2.28. The van der Waals surface area contributed by atoms with Crippen molar-refractivity contribution in [3.8, 4) is 0 Å². The fourth-order valence-corrected chi connectivity index (χ4v) is 2.21. The molecule has 1 aromatic carbocycles. The van der Waals surface area contributed by atoms with Crippen molar-refractivity contribution in [3.63, 3.8) is 0 Å². The molecule has 1 amide bonds. The highest BCUT2D eigenvalue weighted by atomic mass is 16.4. The van der Waals surface area contributed by atoms with Gasteiger partial charge < -0.3 is 10.0 Å². The van der Waals surface area contributed by atoms with Gasteiger partial charge in [-0.3, -0.25) is 4.79 Å². The van der Waals surface area contributed by atoms with Crippen molar-refractivity contribution in [1.82, 2.24) is 15.4 Å². The molecular weight excluding hydrogens is 248 g/mol. The minimum atomic E-state index is -1.27. The molecule has 0 unspecified atom stereocenters. The van der Waals surface area contributed by atoms with E-state index in [9.17, 15) is 9.59 Å². The Bertz CT molecular complexity index is 664. The SMILES string of the molecule is O=C(O)c1n[nH]nc1C(=O)N1CCc2ccccc21. The molecule has 2 N–H and O–H groups in total. The number of nitrogens with zero attached hydrogens (tertiary/aromatic N) is 3. The Balaban J connectivity index is 1.98. The standard InChI is InChI=1S/C12H10N4O3/c17-11(9-10(12(18)19)14-15-13-9)16-6-5-7-3-1-2-4-8(7)16/h1-4H,5-6H2,(H,18,19)(H,13,14,15). The summed E-state index contributed by atoms with van der Waals surface area (Å²) in [6.45, 7) is 0.518. The van der Waals surface area contributed by atoms with Gasteiger partial charge in [0.25, 0.3) is 5.91 Å². The quantitative estimate of drug-likeness (QED) is 0.826. The molecule has 0 aliphatic carbocycles. The van der Waals surface area contributed by atoms with E-state index in [0.717, 1.165) is 17.7 Å². The molecule has 2 heterocycles. The molecule has 1 aliphatic heterocycles. The molecule has 0 saturated heterocycles. The fourth-order valence-electron chi connectivity index (χ4n) is 2.21. The van der Waals surface area contributed by atoms with E-state index in [0.29, 0.717) is 6.54 Å². The van der Waals surface area contributed by atoms with Gasteiger partial charge in [0.05, 0.1) is 0 Å². The van der Waals surface area contributed by atoms with E-state index in [-0.39, 0.29) is 11.4 Å². The number of para-hydroxylation sites is 1. The van der Waals surface area contributed by atoms with E-state index >= 15 is 0 Å². The average Bonchev–Trinajstić information content (AvgIpc) is 3.05. The van der Waals surface area contributed by atoms with Gasteiger partial charge in [0.2, 0.25) is 5.69 Å². The van der Waals surface area contributed by atoms with Crippen LogP contribution in [0.3, 0.4) is 0 Å². The number of aromatic amines is 1. The monoisotopic (exact) mass is 258 g/mol. The number of hydrogen-bond donors (Lipinski definition) is 2. The predicted molar refractivity (Wildman–Crippen MR) is 65.2 cm³/mol. The third kappa shape index (κ3) is 1.75. The minimum absolute atomic E-state index is 0.163. The summed E-state index contributed by atoms with van der Waals surface area (Å²) in [6.07, 6.45) is 0.752. The number of aromatic nitrogens is 3. The summed E-state index contributed by atoms with van der Waals surface area (Å²) in [5, 5.41) is 18.3. The first-order valence-corrected chi connectivity index (χ1v) is 5.72. The van der Waals surface area contributed by atoms with Gasteiger partial charge in [-0.05, 0) is 18.1 Å². The summed E-state index contributed by atoms with van der Waals surface area (Å²) in [7, 11) is 0.